The first kappa shape index (κ1) is 37.6. The zero-order chi connectivity index (χ0) is 36.8. The number of nitrogens with zero attached hydrogens (tertiary/aromatic N) is 2. The molecular formula is C37H51N5O9S. The van der Waals surface area contributed by atoms with Gasteiger partial charge in [0, 0.05) is 17.9 Å². The summed E-state index contributed by atoms with van der Waals surface area (Å²) in [5.41, 5.74) is 2.90. The second-order valence-electron chi connectivity index (χ2n) is 14.6. The lowest BCUT2D eigenvalue weighted by molar-refractivity contribution is -0.141. The monoisotopic (exact) mass is 741 g/mol. The first-order chi connectivity index (χ1) is 25.0. The van der Waals surface area contributed by atoms with Gasteiger partial charge >= 0.3 is 6.09 Å². The van der Waals surface area contributed by atoms with Crippen molar-refractivity contribution in [1.29, 1.82) is 0 Å². The van der Waals surface area contributed by atoms with Crippen LogP contribution in [0.4, 0.5) is 4.79 Å². The predicted octanol–water partition coefficient (Wildman–Crippen LogP) is 3.95. The summed E-state index contributed by atoms with van der Waals surface area (Å²) < 4.78 is 45.2. The van der Waals surface area contributed by atoms with Crippen LogP contribution in [0.1, 0.15) is 101 Å². The van der Waals surface area contributed by atoms with Gasteiger partial charge in [-0.05, 0) is 81.5 Å². The quantitative estimate of drug-likeness (QED) is 0.415. The Kier molecular flexibility index (Phi) is 12.1. The van der Waals surface area contributed by atoms with E-state index >= 15 is 0 Å². The summed E-state index contributed by atoms with van der Waals surface area (Å²) in [5.74, 6) is -0.969. The molecule has 4 amide bonds. The minimum absolute atomic E-state index is 0.0297. The molecule has 3 N–H and O–H groups in total. The minimum Gasteiger partial charge on any atom is -0.488 e. The summed E-state index contributed by atoms with van der Waals surface area (Å²) in [6, 6.07) is 2.66. The highest BCUT2D eigenvalue weighted by atomic mass is 32.2. The minimum atomic E-state index is -3.84. The summed E-state index contributed by atoms with van der Waals surface area (Å²) in [5, 5.41) is 5.76. The molecule has 4 aliphatic rings. The van der Waals surface area contributed by atoms with Gasteiger partial charge in [-0.15, -0.1) is 0 Å². The number of cyclic esters (lactones) is 1. The predicted molar refractivity (Wildman–Crippen MR) is 192 cm³/mol. The Labute approximate surface area is 305 Å². The summed E-state index contributed by atoms with van der Waals surface area (Å²) in [6.45, 7) is 2.28. The van der Waals surface area contributed by atoms with Crippen molar-refractivity contribution < 1.29 is 41.8 Å². The van der Waals surface area contributed by atoms with Crippen LogP contribution in [-0.4, -0.2) is 91.9 Å². The molecule has 1 saturated carbocycles. The van der Waals surface area contributed by atoms with Crippen LogP contribution in [0.5, 0.6) is 11.6 Å². The maximum atomic E-state index is 14.4. The average Bonchev–Trinajstić information content (AvgIpc) is 3.89. The molecule has 15 heteroatoms. The Morgan fingerprint density at radius 2 is 1.67 bits per heavy atom. The SMILES string of the molecule is COc1cc2c3cc(c(C)cc3n1)CCCCCOC(=O)N[C@H]1CCCCCCCCC(C(=O)NS(=O)(=O)C3CC3)NC(=O)[C@@H]3C[C@H](CN3C1=O)O2. The van der Waals surface area contributed by atoms with E-state index in [0.717, 1.165) is 61.5 Å². The lowest BCUT2D eigenvalue weighted by atomic mass is 9.99. The molecule has 14 nitrogen and oxygen atoms in total. The van der Waals surface area contributed by atoms with Gasteiger partial charge < -0.3 is 29.7 Å². The highest BCUT2D eigenvalue weighted by molar-refractivity contribution is 7.90. The zero-order valence-electron chi connectivity index (χ0n) is 30.1. The van der Waals surface area contributed by atoms with E-state index in [1.807, 2.05) is 13.0 Å². The first-order valence-corrected chi connectivity index (χ1v) is 20.3. The molecule has 5 bridgehead atoms. The van der Waals surface area contributed by atoms with Crippen LogP contribution < -0.4 is 24.8 Å². The Morgan fingerprint density at radius 1 is 0.942 bits per heavy atom. The molecule has 4 heterocycles. The zero-order valence-corrected chi connectivity index (χ0v) is 30.9. The smallest absolute Gasteiger partial charge is 0.407 e. The number of pyridine rings is 1. The Morgan fingerprint density at radius 3 is 2.42 bits per heavy atom. The van der Waals surface area contributed by atoms with Crippen molar-refractivity contribution in [3.63, 3.8) is 0 Å². The number of nitrogens with one attached hydrogen (secondary N) is 3. The third-order valence-electron chi connectivity index (χ3n) is 10.5. The molecule has 4 atom stereocenters. The molecule has 3 aliphatic heterocycles. The van der Waals surface area contributed by atoms with E-state index in [2.05, 4.69) is 26.4 Å². The van der Waals surface area contributed by atoms with Crippen molar-refractivity contribution >= 4 is 44.7 Å². The first-order valence-electron chi connectivity index (χ1n) is 18.8. The standard InChI is InChI=1S/C37H51N5O9S/c1-23-18-30-27-19-24(23)12-8-7-11-17-50-37(46)40-29-14-10-6-4-3-5-9-13-28(34(43)41-52(47,48)26-15-16-26)39-35(44)31-20-25(22-42(31)36(29)45)51-32(27)21-33(38-30)49-2/h18-19,21,25-26,28-29,31H,3-17,20,22H2,1-2H3,(H,39,44)(H,40,46)(H,41,43)/t25-,28?,29+,31+/m1/s1. The second-order valence-corrected chi connectivity index (χ2v) is 16.5. The Balaban J connectivity index is 1.35. The van der Waals surface area contributed by atoms with E-state index in [-0.39, 0.29) is 26.0 Å². The van der Waals surface area contributed by atoms with E-state index in [1.54, 1.807) is 6.07 Å². The van der Waals surface area contributed by atoms with Gasteiger partial charge in [0.1, 0.15) is 30.0 Å². The average molecular weight is 742 g/mol. The van der Waals surface area contributed by atoms with Gasteiger partial charge in [0.25, 0.3) is 5.91 Å². The van der Waals surface area contributed by atoms with Gasteiger partial charge in [0.05, 0.1) is 31.0 Å². The molecule has 3 fully saturated rings. The molecule has 1 aromatic heterocycles. The molecule has 1 unspecified atom stereocenters. The molecule has 52 heavy (non-hydrogen) atoms. The third kappa shape index (κ3) is 9.25. The fourth-order valence-corrected chi connectivity index (χ4v) is 8.75. The van der Waals surface area contributed by atoms with Crippen molar-refractivity contribution in [3.05, 3.63) is 29.3 Å². The number of aryl methyl sites for hydroxylation is 2. The van der Waals surface area contributed by atoms with Gasteiger partial charge in [0.15, 0.2) is 0 Å². The summed E-state index contributed by atoms with van der Waals surface area (Å²) in [6.07, 6.45) is 8.22. The second kappa shape index (κ2) is 16.7. The van der Waals surface area contributed by atoms with Crippen LogP contribution in [0.2, 0.25) is 0 Å². The summed E-state index contributed by atoms with van der Waals surface area (Å²) in [4.78, 5) is 61.0. The van der Waals surface area contributed by atoms with Crippen molar-refractivity contribution in [1.82, 2.24) is 25.2 Å². The number of hydrogen-bond donors (Lipinski definition) is 3. The van der Waals surface area contributed by atoms with Gasteiger partial charge in [-0.3, -0.25) is 19.1 Å². The summed E-state index contributed by atoms with van der Waals surface area (Å²) in [7, 11) is -2.32. The van der Waals surface area contributed by atoms with E-state index in [4.69, 9.17) is 14.2 Å². The van der Waals surface area contributed by atoms with Crippen LogP contribution in [0.3, 0.4) is 0 Å². The number of fused-ring (bicyclic) bond motifs is 3. The van der Waals surface area contributed by atoms with Crippen LogP contribution in [0.15, 0.2) is 18.2 Å². The number of methoxy groups -OCH3 is 1. The molecule has 0 spiro atoms. The third-order valence-corrected chi connectivity index (χ3v) is 12.4. The maximum Gasteiger partial charge on any atom is 0.407 e. The highest BCUT2D eigenvalue weighted by Crippen LogP contribution is 2.35. The van der Waals surface area contributed by atoms with Gasteiger partial charge in [-0.2, -0.15) is 0 Å². The van der Waals surface area contributed by atoms with E-state index in [9.17, 15) is 27.6 Å². The number of carbonyl (C=O) groups is 4. The fraction of sp³-hybridized carbons (Fsp3) is 0.649. The van der Waals surface area contributed by atoms with Crippen LogP contribution in [0.25, 0.3) is 10.9 Å². The number of sulfonamides is 1. The molecule has 0 radical (unpaired) electrons. The van der Waals surface area contributed by atoms with E-state index in [1.165, 1.54) is 12.0 Å². The van der Waals surface area contributed by atoms with Gasteiger partial charge in [-0.1, -0.05) is 38.5 Å². The number of rotatable bonds is 4. The van der Waals surface area contributed by atoms with E-state index in [0.29, 0.717) is 55.7 Å². The molecule has 284 valence electrons. The van der Waals surface area contributed by atoms with Crippen LogP contribution in [-0.2, 0) is 35.6 Å². The largest absolute Gasteiger partial charge is 0.488 e. The van der Waals surface area contributed by atoms with Crippen molar-refractivity contribution in [2.75, 3.05) is 20.3 Å². The number of amides is 4. The normalized spacial score (nSPS) is 25.8. The maximum absolute atomic E-state index is 14.4. The number of aromatic nitrogens is 1. The fourth-order valence-electron chi connectivity index (χ4n) is 7.41. The number of alkyl carbamates (subject to hydrolysis) is 1. The van der Waals surface area contributed by atoms with Crippen molar-refractivity contribution in [2.24, 2.45) is 0 Å². The van der Waals surface area contributed by atoms with Crippen molar-refractivity contribution in [2.45, 2.75) is 133 Å². The number of ether oxygens (including phenoxy) is 3. The van der Waals surface area contributed by atoms with Crippen LogP contribution >= 0.6 is 0 Å². The molecular weight excluding hydrogens is 690 g/mol. The molecule has 6 rings (SSSR count). The van der Waals surface area contributed by atoms with Gasteiger partial charge in [-0.25, -0.2) is 18.2 Å². The van der Waals surface area contributed by atoms with Crippen LogP contribution in [0, 0.1) is 6.92 Å². The number of benzene rings is 1. The molecule has 2 saturated heterocycles. The lowest BCUT2D eigenvalue weighted by Gasteiger charge is -2.29. The lowest BCUT2D eigenvalue weighted by Crippen LogP contribution is -2.56. The highest BCUT2D eigenvalue weighted by Gasteiger charge is 2.45. The van der Waals surface area contributed by atoms with Crippen molar-refractivity contribution in [3.8, 4) is 11.6 Å². The number of hydrogen-bond acceptors (Lipinski definition) is 10. The topological polar surface area (TPSA) is 182 Å². The number of carbonyl (C=O) groups excluding carboxylic acids is 4. The van der Waals surface area contributed by atoms with E-state index < -0.39 is 63.3 Å². The molecule has 2 aromatic rings. The molecule has 1 aromatic carbocycles. The Hall–Kier alpha value is -4.14. The molecule has 1 aliphatic carbocycles. The summed E-state index contributed by atoms with van der Waals surface area (Å²) >= 11 is 0. The Bertz CT molecular complexity index is 1770. The van der Waals surface area contributed by atoms with Gasteiger partial charge in [0.2, 0.25) is 27.7 Å².